The molecule has 1 aromatic carbocycles. The van der Waals surface area contributed by atoms with Crippen LogP contribution in [0.4, 0.5) is 0 Å². The van der Waals surface area contributed by atoms with Gasteiger partial charge in [-0.3, -0.25) is 14.5 Å². The summed E-state index contributed by atoms with van der Waals surface area (Å²) in [6.45, 7) is 1.04. The Hall–Kier alpha value is -1.88. The number of benzene rings is 1. The first-order valence-corrected chi connectivity index (χ1v) is 7.80. The van der Waals surface area contributed by atoms with Gasteiger partial charge in [0.1, 0.15) is 6.04 Å². The van der Waals surface area contributed by atoms with Crippen molar-refractivity contribution in [2.24, 2.45) is 11.3 Å². The fourth-order valence-electron chi connectivity index (χ4n) is 4.35. The van der Waals surface area contributed by atoms with Gasteiger partial charge in [0.2, 0.25) is 0 Å². The minimum atomic E-state index is -1.13. The number of aliphatic carboxylic acids is 2. The first-order chi connectivity index (χ1) is 10.6. The number of carboxylic acids is 2. The summed E-state index contributed by atoms with van der Waals surface area (Å²) in [5.74, 6) is -2.02. The predicted molar refractivity (Wildman–Crippen MR) is 80.3 cm³/mol. The van der Waals surface area contributed by atoms with E-state index in [1.807, 2.05) is 35.2 Å². The van der Waals surface area contributed by atoms with Crippen molar-refractivity contribution in [2.75, 3.05) is 6.54 Å². The van der Waals surface area contributed by atoms with Gasteiger partial charge in [-0.1, -0.05) is 43.2 Å². The van der Waals surface area contributed by atoms with Crippen LogP contribution in [0.15, 0.2) is 30.3 Å². The standard InChI is InChI=1S/C17H21NO4/c19-15(20)14-17(16(21)22)9-5-4-8-13(17)11-18(14)10-12-6-2-1-3-7-12/h1-3,6-7,13-14H,4-5,8-11H2,(H,19,20)(H,21,22). The molecular weight excluding hydrogens is 282 g/mol. The normalized spacial score (nSPS) is 31.6. The maximum absolute atomic E-state index is 12.0. The minimum absolute atomic E-state index is 0.0661. The second kappa shape index (κ2) is 5.72. The molecule has 118 valence electrons. The Morgan fingerprint density at radius 3 is 2.55 bits per heavy atom. The number of nitrogens with zero attached hydrogens (tertiary/aromatic N) is 1. The van der Waals surface area contributed by atoms with Crippen molar-refractivity contribution in [1.29, 1.82) is 0 Å². The molecule has 1 saturated heterocycles. The van der Waals surface area contributed by atoms with Crippen molar-refractivity contribution in [3.63, 3.8) is 0 Å². The first kappa shape index (κ1) is 15.0. The van der Waals surface area contributed by atoms with Crippen LogP contribution in [0.5, 0.6) is 0 Å². The van der Waals surface area contributed by atoms with Crippen LogP contribution in [0.3, 0.4) is 0 Å². The average molecular weight is 303 g/mol. The van der Waals surface area contributed by atoms with Crippen molar-refractivity contribution >= 4 is 11.9 Å². The Morgan fingerprint density at radius 1 is 1.18 bits per heavy atom. The fourth-order valence-corrected chi connectivity index (χ4v) is 4.35. The zero-order chi connectivity index (χ0) is 15.7. The second-order valence-electron chi connectivity index (χ2n) is 6.44. The maximum atomic E-state index is 12.0. The topological polar surface area (TPSA) is 77.8 Å². The second-order valence-corrected chi connectivity index (χ2v) is 6.44. The van der Waals surface area contributed by atoms with Gasteiger partial charge < -0.3 is 10.2 Å². The number of fused-ring (bicyclic) bond motifs is 1. The molecule has 3 unspecified atom stereocenters. The van der Waals surface area contributed by atoms with E-state index < -0.39 is 23.4 Å². The molecule has 1 aliphatic carbocycles. The van der Waals surface area contributed by atoms with E-state index in [1.165, 1.54) is 0 Å². The molecule has 5 heteroatoms. The maximum Gasteiger partial charge on any atom is 0.322 e. The predicted octanol–water partition coefficient (Wildman–Crippen LogP) is 2.22. The van der Waals surface area contributed by atoms with E-state index in [4.69, 9.17) is 0 Å². The molecule has 0 bridgehead atoms. The molecule has 22 heavy (non-hydrogen) atoms. The monoisotopic (exact) mass is 303 g/mol. The van der Waals surface area contributed by atoms with Crippen LogP contribution in [0.2, 0.25) is 0 Å². The van der Waals surface area contributed by atoms with Gasteiger partial charge in [0.25, 0.3) is 0 Å². The Balaban J connectivity index is 1.94. The van der Waals surface area contributed by atoms with E-state index in [-0.39, 0.29) is 5.92 Å². The molecule has 3 atom stereocenters. The largest absolute Gasteiger partial charge is 0.481 e. The summed E-state index contributed by atoms with van der Waals surface area (Å²) in [5.41, 5.74) is -0.105. The van der Waals surface area contributed by atoms with Crippen LogP contribution >= 0.6 is 0 Å². The third-order valence-corrected chi connectivity index (χ3v) is 5.29. The molecule has 1 aromatic rings. The van der Waals surface area contributed by atoms with Gasteiger partial charge in [-0.2, -0.15) is 0 Å². The molecule has 1 saturated carbocycles. The molecule has 2 aliphatic rings. The smallest absolute Gasteiger partial charge is 0.322 e. The zero-order valence-electron chi connectivity index (χ0n) is 12.4. The average Bonchev–Trinajstić information content (AvgIpc) is 2.83. The lowest BCUT2D eigenvalue weighted by Gasteiger charge is -2.38. The molecule has 0 radical (unpaired) electrons. The van der Waals surface area contributed by atoms with Crippen molar-refractivity contribution in [3.8, 4) is 0 Å². The van der Waals surface area contributed by atoms with Crippen molar-refractivity contribution < 1.29 is 19.8 Å². The van der Waals surface area contributed by atoms with Gasteiger partial charge in [0.15, 0.2) is 0 Å². The van der Waals surface area contributed by atoms with Crippen LogP contribution in [0.25, 0.3) is 0 Å². The van der Waals surface area contributed by atoms with Gasteiger partial charge >= 0.3 is 11.9 Å². The molecule has 1 heterocycles. The lowest BCUT2D eigenvalue weighted by molar-refractivity contribution is -0.164. The number of carboxylic acid groups (broad SMARTS) is 2. The summed E-state index contributed by atoms with van der Waals surface area (Å²) in [7, 11) is 0. The molecule has 1 aliphatic heterocycles. The summed E-state index contributed by atoms with van der Waals surface area (Å²) in [6, 6.07) is 8.72. The Bertz CT molecular complexity index is 573. The van der Waals surface area contributed by atoms with Crippen LogP contribution in [-0.4, -0.2) is 39.6 Å². The highest BCUT2D eigenvalue weighted by Crippen LogP contribution is 2.51. The van der Waals surface area contributed by atoms with Gasteiger partial charge in [-0.25, -0.2) is 0 Å². The molecule has 3 rings (SSSR count). The third-order valence-electron chi connectivity index (χ3n) is 5.29. The lowest BCUT2D eigenvalue weighted by atomic mass is 9.64. The van der Waals surface area contributed by atoms with Crippen molar-refractivity contribution in [1.82, 2.24) is 4.90 Å². The van der Waals surface area contributed by atoms with E-state index >= 15 is 0 Å². The van der Waals surface area contributed by atoms with Crippen molar-refractivity contribution in [2.45, 2.75) is 38.3 Å². The molecule has 0 spiro atoms. The van der Waals surface area contributed by atoms with E-state index in [2.05, 4.69) is 0 Å². The molecule has 2 fully saturated rings. The highest BCUT2D eigenvalue weighted by Gasteiger charge is 2.62. The first-order valence-electron chi connectivity index (χ1n) is 7.80. The van der Waals surface area contributed by atoms with E-state index in [0.29, 0.717) is 19.5 Å². The van der Waals surface area contributed by atoms with Crippen LogP contribution < -0.4 is 0 Å². The quantitative estimate of drug-likeness (QED) is 0.891. The van der Waals surface area contributed by atoms with Gasteiger partial charge in [-0.15, -0.1) is 0 Å². The Kier molecular flexibility index (Phi) is 3.91. The summed E-state index contributed by atoms with van der Waals surface area (Å²) in [4.78, 5) is 25.7. The van der Waals surface area contributed by atoms with Crippen LogP contribution in [0, 0.1) is 11.3 Å². The summed E-state index contributed by atoms with van der Waals surface area (Å²) >= 11 is 0. The molecular formula is C17H21NO4. The Morgan fingerprint density at radius 2 is 1.91 bits per heavy atom. The van der Waals surface area contributed by atoms with Gasteiger partial charge in [0.05, 0.1) is 5.41 Å². The SMILES string of the molecule is O=C(O)C1N(Cc2ccccc2)CC2CCCCC21C(=O)O. The highest BCUT2D eigenvalue weighted by molar-refractivity contribution is 5.87. The van der Waals surface area contributed by atoms with E-state index in [1.54, 1.807) is 0 Å². The lowest BCUT2D eigenvalue weighted by Crippen LogP contribution is -2.52. The summed E-state index contributed by atoms with van der Waals surface area (Å²) in [5, 5.41) is 19.5. The zero-order valence-corrected chi connectivity index (χ0v) is 12.4. The fraction of sp³-hybridized carbons (Fsp3) is 0.529. The number of carbonyl (C=O) groups is 2. The van der Waals surface area contributed by atoms with Crippen LogP contribution in [0.1, 0.15) is 31.2 Å². The van der Waals surface area contributed by atoms with E-state index in [9.17, 15) is 19.8 Å². The number of hydrogen-bond donors (Lipinski definition) is 2. The van der Waals surface area contributed by atoms with E-state index in [0.717, 1.165) is 24.8 Å². The van der Waals surface area contributed by atoms with Gasteiger partial charge in [-0.05, 0) is 24.3 Å². The minimum Gasteiger partial charge on any atom is -0.481 e. The van der Waals surface area contributed by atoms with Crippen LogP contribution in [-0.2, 0) is 16.1 Å². The molecule has 5 nitrogen and oxygen atoms in total. The molecule has 0 amide bonds. The summed E-state index contributed by atoms with van der Waals surface area (Å²) in [6.07, 6.45) is 3.06. The van der Waals surface area contributed by atoms with Gasteiger partial charge in [0, 0.05) is 13.1 Å². The summed E-state index contributed by atoms with van der Waals surface area (Å²) < 4.78 is 0. The highest BCUT2D eigenvalue weighted by atomic mass is 16.4. The number of rotatable bonds is 4. The van der Waals surface area contributed by atoms with Crippen molar-refractivity contribution in [3.05, 3.63) is 35.9 Å². The number of likely N-dealkylation sites (tertiary alicyclic amines) is 1. The molecule has 2 N–H and O–H groups in total. The third kappa shape index (κ3) is 2.29. The number of hydrogen-bond acceptors (Lipinski definition) is 3. The molecule has 0 aromatic heterocycles. The Labute approximate surface area is 129 Å².